The molecular weight excluding hydrogens is 456 g/mol. The molecule has 0 unspecified atom stereocenters. The first kappa shape index (κ1) is 22.8. The average Bonchev–Trinajstić information content (AvgIpc) is 3.56. The third-order valence-electron chi connectivity index (χ3n) is 7.24. The van der Waals surface area contributed by atoms with Crippen molar-refractivity contribution in [3.8, 4) is 17.3 Å². The van der Waals surface area contributed by atoms with Crippen LogP contribution in [0.1, 0.15) is 23.2 Å². The highest BCUT2D eigenvalue weighted by atomic mass is 16.5. The highest BCUT2D eigenvalue weighted by Crippen LogP contribution is 2.37. The van der Waals surface area contributed by atoms with Crippen LogP contribution in [0.4, 0.5) is 0 Å². The number of rotatable bonds is 6. The van der Waals surface area contributed by atoms with E-state index < -0.39 is 0 Å². The summed E-state index contributed by atoms with van der Waals surface area (Å²) in [4.78, 5) is 24.7. The monoisotopic (exact) mass is 486 g/mol. The van der Waals surface area contributed by atoms with E-state index in [4.69, 9.17) is 20.2 Å². The summed E-state index contributed by atoms with van der Waals surface area (Å²) in [5.74, 6) is 1.93. The Bertz CT molecular complexity index is 1500. The first-order valence-corrected chi connectivity index (χ1v) is 12.2. The van der Waals surface area contributed by atoms with Crippen LogP contribution in [0, 0.1) is 5.92 Å². The zero-order chi connectivity index (χ0) is 25.0. The van der Waals surface area contributed by atoms with Gasteiger partial charge in [0, 0.05) is 50.6 Å². The molecule has 0 spiro atoms. The van der Waals surface area contributed by atoms with Gasteiger partial charge in [-0.05, 0) is 55.2 Å². The molecular formula is C27H30N6O3. The van der Waals surface area contributed by atoms with Gasteiger partial charge in [0.25, 0.3) is 5.91 Å². The summed E-state index contributed by atoms with van der Waals surface area (Å²) in [7, 11) is 5.21. The Morgan fingerprint density at radius 2 is 2.06 bits per heavy atom. The number of hydrogen-bond donors (Lipinski definition) is 1. The summed E-state index contributed by atoms with van der Waals surface area (Å²) in [6.45, 7) is 1.29. The van der Waals surface area contributed by atoms with E-state index in [9.17, 15) is 4.79 Å². The molecule has 9 heteroatoms. The molecule has 2 N–H and O–H groups in total. The first-order chi connectivity index (χ1) is 17.5. The van der Waals surface area contributed by atoms with Crippen LogP contribution < -0.4 is 10.5 Å². The molecule has 3 aromatic heterocycles. The fraction of sp³-hybridized carbons (Fsp3) is 0.370. The number of imidazole rings is 1. The Hall–Kier alpha value is -3.69. The van der Waals surface area contributed by atoms with Crippen LogP contribution in [0.3, 0.4) is 0 Å². The summed E-state index contributed by atoms with van der Waals surface area (Å²) in [6, 6.07) is 9.50. The molecule has 4 heterocycles. The number of ether oxygens (including phenoxy) is 2. The number of benzene rings is 1. The quantitative estimate of drug-likeness (QED) is 0.449. The third-order valence-corrected chi connectivity index (χ3v) is 7.24. The van der Waals surface area contributed by atoms with Gasteiger partial charge in [0.15, 0.2) is 5.82 Å². The van der Waals surface area contributed by atoms with Crippen molar-refractivity contribution in [2.45, 2.75) is 31.5 Å². The summed E-state index contributed by atoms with van der Waals surface area (Å²) < 4.78 is 15.4. The Morgan fingerprint density at radius 3 is 2.78 bits per heavy atom. The maximum atomic E-state index is 13.4. The van der Waals surface area contributed by atoms with Crippen LogP contribution in [0.2, 0.25) is 0 Å². The van der Waals surface area contributed by atoms with Gasteiger partial charge in [-0.15, -0.1) is 0 Å². The van der Waals surface area contributed by atoms with Crippen LogP contribution in [-0.2, 0) is 18.3 Å². The molecule has 6 rings (SSSR count). The number of carbonyl (C=O) groups is 1. The lowest BCUT2D eigenvalue weighted by molar-refractivity contribution is 0.0692. The van der Waals surface area contributed by atoms with E-state index in [-0.39, 0.29) is 18.1 Å². The van der Waals surface area contributed by atoms with Crippen molar-refractivity contribution in [2.24, 2.45) is 18.7 Å². The summed E-state index contributed by atoms with van der Waals surface area (Å²) in [6.07, 6.45) is 7.67. The van der Waals surface area contributed by atoms with Gasteiger partial charge in [0.05, 0.1) is 30.5 Å². The van der Waals surface area contributed by atoms with Crippen LogP contribution in [0.25, 0.3) is 33.6 Å². The summed E-state index contributed by atoms with van der Waals surface area (Å²) in [5, 5.41) is 1.09. The standard InChI is InChI=1S/C27H30N6O3/c1-31-24-20(11-18(13-23(24)36-3)27(34)32-10-8-22(35-2)19(28)15-32)30-26(31)21-12-17-5-4-9-29-25(17)33(21)14-16-6-7-16/h4-5,8-13,16,19,22H,6-7,14-15,28H2,1-3H3/t19-,22+/m1/s1. The van der Waals surface area contributed by atoms with E-state index in [1.807, 2.05) is 36.0 Å². The predicted octanol–water partition coefficient (Wildman–Crippen LogP) is 3.32. The lowest BCUT2D eigenvalue weighted by Crippen LogP contribution is -2.48. The molecule has 1 aromatic carbocycles. The third kappa shape index (κ3) is 3.75. The van der Waals surface area contributed by atoms with Gasteiger partial charge in [-0.3, -0.25) is 4.79 Å². The molecule has 1 fully saturated rings. The smallest absolute Gasteiger partial charge is 0.258 e. The van der Waals surface area contributed by atoms with Gasteiger partial charge >= 0.3 is 0 Å². The summed E-state index contributed by atoms with van der Waals surface area (Å²) in [5.41, 5.74) is 10.2. The van der Waals surface area contributed by atoms with Gasteiger partial charge in [-0.2, -0.15) is 0 Å². The molecule has 9 nitrogen and oxygen atoms in total. The first-order valence-electron chi connectivity index (χ1n) is 12.2. The molecule has 2 atom stereocenters. The Kier molecular flexibility index (Phi) is 5.54. The largest absolute Gasteiger partial charge is 0.494 e. The number of fused-ring (bicyclic) bond motifs is 2. The van der Waals surface area contributed by atoms with E-state index in [1.54, 1.807) is 31.4 Å². The van der Waals surface area contributed by atoms with E-state index in [1.165, 1.54) is 12.8 Å². The number of aromatic nitrogens is 4. The van der Waals surface area contributed by atoms with Crippen LogP contribution in [-0.4, -0.2) is 62.8 Å². The van der Waals surface area contributed by atoms with Gasteiger partial charge < -0.3 is 29.2 Å². The maximum absolute atomic E-state index is 13.4. The van der Waals surface area contributed by atoms with E-state index in [0.29, 0.717) is 29.3 Å². The van der Waals surface area contributed by atoms with Gasteiger partial charge in [-0.1, -0.05) is 0 Å². The van der Waals surface area contributed by atoms with Crippen molar-refractivity contribution in [1.82, 2.24) is 24.0 Å². The second-order valence-electron chi connectivity index (χ2n) is 9.70. The minimum absolute atomic E-state index is 0.157. The van der Waals surface area contributed by atoms with Crippen molar-refractivity contribution >= 4 is 28.0 Å². The Morgan fingerprint density at radius 1 is 1.22 bits per heavy atom. The average molecular weight is 487 g/mol. The van der Waals surface area contributed by atoms with E-state index >= 15 is 0 Å². The molecule has 0 saturated heterocycles. The lowest BCUT2D eigenvalue weighted by Gasteiger charge is -2.30. The molecule has 4 aromatic rings. The summed E-state index contributed by atoms with van der Waals surface area (Å²) >= 11 is 0. The maximum Gasteiger partial charge on any atom is 0.258 e. The number of carbonyl (C=O) groups excluding carboxylic acids is 1. The minimum atomic E-state index is -0.293. The fourth-order valence-electron chi connectivity index (χ4n) is 5.13. The molecule has 2 aliphatic rings. The van der Waals surface area contributed by atoms with Gasteiger partial charge in [0.1, 0.15) is 16.9 Å². The molecule has 1 amide bonds. The minimum Gasteiger partial charge on any atom is -0.494 e. The Balaban J connectivity index is 1.45. The molecule has 0 bridgehead atoms. The van der Waals surface area contributed by atoms with Crippen molar-refractivity contribution in [3.05, 3.63) is 54.4 Å². The van der Waals surface area contributed by atoms with Gasteiger partial charge in [-0.25, -0.2) is 9.97 Å². The van der Waals surface area contributed by atoms with Crippen molar-refractivity contribution < 1.29 is 14.3 Å². The highest BCUT2D eigenvalue weighted by Gasteiger charge is 2.28. The fourth-order valence-corrected chi connectivity index (χ4v) is 5.13. The number of methoxy groups -OCH3 is 2. The van der Waals surface area contributed by atoms with Crippen LogP contribution in [0.15, 0.2) is 48.8 Å². The van der Waals surface area contributed by atoms with Crippen LogP contribution >= 0.6 is 0 Å². The zero-order valence-electron chi connectivity index (χ0n) is 20.7. The molecule has 1 aliphatic heterocycles. The normalized spacial score (nSPS) is 19.9. The Labute approximate surface area is 209 Å². The number of amides is 1. The molecule has 1 aliphatic carbocycles. The van der Waals surface area contributed by atoms with Crippen molar-refractivity contribution in [3.63, 3.8) is 0 Å². The van der Waals surface area contributed by atoms with Crippen molar-refractivity contribution in [1.29, 1.82) is 0 Å². The number of aryl methyl sites for hydroxylation is 1. The lowest BCUT2D eigenvalue weighted by atomic mass is 10.1. The highest BCUT2D eigenvalue weighted by molar-refractivity contribution is 6.00. The van der Waals surface area contributed by atoms with E-state index in [0.717, 1.165) is 34.6 Å². The SMILES string of the molecule is COc1cc(C(=O)N2C=C[C@H](OC)[C@H](N)C2)cc2nc(-c3cc4cccnc4n3CC3CC3)n(C)c12. The molecule has 186 valence electrons. The van der Waals surface area contributed by atoms with Gasteiger partial charge in [0.2, 0.25) is 0 Å². The number of nitrogens with zero attached hydrogens (tertiary/aromatic N) is 5. The topological polar surface area (TPSA) is 100 Å². The van der Waals surface area contributed by atoms with Crippen molar-refractivity contribution in [2.75, 3.05) is 20.8 Å². The second-order valence-corrected chi connectivity index (χ2v) is 9.70. The predicted molar refractivity (Wildman–Crippen MR) is 138 cm³/mol. The van der Waals surface area contributed by atoms with Crippen LogP contribution in [0.5, 0.6) is 5.75 Å². The molecule has 0 radical (unpaired) electrons. The molecule has 1 saturated carbocycles. The molecule has 36 heavy (non-hydrogen) atoms. The zero-order valence-corrected chi connectivity index (χ0v) is 20.7. The number of nitrogens with two attached hydrogens (primary N) is 1. The number of pyridine rings is 1. The number of hydrogen-bond acceptors (Lipinski definition) is 6. The second kappa shape index (κ2) is 8.76. The van der Waals surface area contributed by atoms with E-state index in [2.05, 4.69) is 21.7 Å².